The van der Waals surface area contributed by atoms with Crippen LogP contribution in [0.3, 0.4) is 0 Å². The molecule has 0 unspecified atom stereocenters. The fourth-order valence-corrected chi connectivity index (χ4v) is 2.41. The highest BCUT2D eigenvalue weighted by Crippen LogP contribution is 2.18. The van der Waals surface area contributed by atoms with Gasteiger partial charge < -0.3 is 15.4 Å². The normalized spacial score (nSPS) is 10.3. The summed E-state index contributed by atoms with van der Waals surface area (Å²) >= 11 is 0. The molecule has 2 amide bonds. The predicted molar refractivity (Wildman–Crippen MR) is 98.5 cm³/mol. The lowest BCUT2D eigenvalue weighted by atomic mass is 10.2. The first kappa shape index (κ1) is 18.1. The maximum atomic E-state index is 12.9. The number of ether oxygens (including phenoxy) is 1. The van der Waals surface area contributed by atoms with Crippen molar-refractivity contribution in [2.24, 2.45) is 7.05 Å². The van der Waals surface area contributed by atoms with Crippen molar-refractivity contribution >= 4 is 23.2 Å². The summed E-state index contributed by atoms with van der Waals surface area (Å²) in [6.07, 6.45) is 1.55. The summed E-state index contributed by atoms with van der Waals surface area (Å²) < 4.78 is 19.5. The Labute approximate surface area is 154 Å². The number of hydrogen-bond acceptors (Lipinski definition) is 4. The van der Waals surface area contributed by atoms with Gasteiger partial charge in [-0.05, 0) is 48.5 Å². The zero-order valence-electron chi connectivity index (χ0n) is 14.7. The molecule has 0 saturated heterocycles. The second-order valence-electron chi connectivity index (χ2n) is 5.72. The summed E-state index contributed by atoms with van der Waals surface area (Å²) in [5, 5.41) is 9.42. The number of hydrogen-bond donors (Lipinski definition) is 2. The average molecular weight is 368 g/mol. The lowest BCUT2D eigenvalue weighted by Crippen LogP contribution is -2.14. The van der Waals surface area contributed by atoms with Crippen LogP contribution >= 0.6 is 0 Å². The molecule has 1 aromatic heterocycles. The van der Waals surface area contributed by atoms with Gasteiger partial charge in [-0.2, -0.15) is 0 Å². The van der Waals surface area contributed by atoms with E-state index in [1.807, 2.05) is 0 Å². The van der Waals surface area contributed by atoms with E-state index in [-0.39, 0.29) is 23.5 Å². The van der Waals surface area contributed by atoms with Crippen molar-refractivity contribution in [2.75, 3.05) is 17.7 Å². The molecule has 2 N–H and O–H groups in total. The zero-order valence-corrected chi connectivity index (χ0v) is 14.7. The molecule has 0 fully saturated rings. The van der Waals surface area contributed by atoms with Gasteiger partial charge in [-0.15, -0.1) is 5.10 Å². The molecule has 0 spiro atoms. The van der Waals surface area contributed by atoms with Gasteiger partial charge in [-0.25, -0.2) is 4.39 Å². The van der Waals surface area contributed by atoms with E-state index >= 15 is 0 Å². The summed E-state index contributed by atoms with van der Waals surface area (Å²) in [6, 6.07) is 11.9. The van der Waals surface area contributed by atoms with Gasteiger partial charge in [0.1, 0.15) is 11.4 Å². The van der Waals surface area contributed by atoms with Gasteiger partial charge in [-0.3, -0.25) is 14.3 Å². The number of rotatable bonds is 5. The van der Waals surface area contributed by atoms with E-state index in [9.17, 15) is 14.0 Å². The Morgan fingerprint density at radius 1 is 0.963 bits per heavy atom. The van der Waals surface area contributed by atoms with E-state index in [4.69, 9.17) is 4.74 Å². The second-order valence-corrected chi connectivity index (χ2v) is 5.72. The van der Waals surface area contributed by atoms with Crippen LogP contribution in [0.4, 0.5) is 15.8 Å². The van der Waals surface area contributed by atoms with Gasteiger partial charge in [-0.1, -0.05) is 0 Å². The maximum absolute atomic E-state index is 12.9. The van der Waals surface area contributed by atoms with Gasteiger partial charge in [0.15, 0.2) is 0 Å². The van der Waals surface area contributed by atoms with Gasteiger partial charge >= 0.3 is 0 Å². The lowest BCUT2D eigenvalue weighted by molar-refractivity contribution is 0.101. The van der Waals surface area contributed by atoms with Crippen molar-refractivity contribution in [1.29, 1.82) is 0 Å². The van der Waals surface area contributed by atoms with Crippen LogP contribution in [0.15, 0.2) is 54.7 Å². The summed E-state index contributed by atoms with van der Waals surface area (Å²) in [5.41, 5.74) is 1.71. The molecule has 1 heterocycles. The van der Waals surface area contributed by atoms with Gasteiger partial charge in [0.25, 0.3) is 11.8 Å². The number of methoxy groups -OCH3 is 1. The van der Waals surface area contributed by atoms with Gasteiger partial charge in [0.2, 0.25) is 5.88 Å². The third-order valence-electron chi connectivity index (χ3n) is 3.74. The van der Waals surface area contributed by atoms with Crippen molar-refractivity contribution in [3.63, 3.8) is 0 Å². The molecule has 0 radical (unpaired) electrons. The fourth-order valence-electron chi connectivity index (χ4n) is 2.41. The minimum Gasteiger partial charge on any atom is -0.479 e. The third-order valence-corrected chi connectivity index (χ3v) is 3.74. The van der Waals surface area contributed by atoms with Crippen LogP contribution in [0.5, 0.6) is 5.88 Å². The molecule has 0 aliphatic carbocycles. The SMILES string of the molecule is COc1nn(C)cc1C(=O)Nc1ccc(C(=O)Nc2ccc(F)cc2)cc1. The lowest BCUT2D eigenvalue weighted by Gasteiger charge is -2.07. The monoisotopic (exact) mass is 368 g/mol. The first-order valence-electron chi connectivity index (χ1n) is 8.02. The summed E-state index contributed by atoms with van der Waals surface area (Å²) in [7, 11) is 3.13. The zero-order chi connectivity index (χ0) is 19.4. The van der Waals surface area contributed by atoms with Crippen LogP contribution in [0, 0.1) is 5.82 Å². The van der Waals surface area contributed by atoms with Crippen LogP contribution in [-0.4, -0.2) is 28.7 Å². The second kappa shape index (κ2) is 7.69. The largest absolute Gasteiger partial charge is 0.479 e. The first-order chi connectivity index (χ1) is 13.0. The first-order valence-corrected chi connectivity index (χ1v) is 8.02. The summed E-state index contributed by atoms with van der Waals surface area (Å²) in [5.74, 6) is -0.861. The number of amides is 2. The number of halogens is 1. The molecule has 3 aromatic rings. The number of nitrogens with zero attached hydrogens (tertiary/aromatic N) is 2. The molecule has 0 aliphatic heterocycles. The van der Waals surface area contributed by atoms with Crippen LogP contribution in [0.2, 0.25) is 0 Å². The van der Waals surface area contributed by atoms with Crippen LogP contribution in [-0.2, 0) is 7.05 Å². The van der Waals surface area contributed by atoms with Crippen molar-refractivity contribution in [3.8, 4) is 5.88 Å². The number of aromatic nitrogens is 2. The predicted octanol–water partition coefficient (Wildman–Crippen LogP) is 3.07. The van der Waals surface area contributed by atoms with Crippen LogP contribution < -0.4 is 15.4 Å². The molecule has 7 nitrogen and oxygen atoms in total. The van der Waals surface area contributed by atoms with Crippen molar-refractivity contribution in [3.05, 3.63) is 71.7 Å². The minimum atomic E-state index is -0.377. The number of carbonyl (C=O) groups excluding carboxylic acids is 2. The highest BCUT2D eigenvalue weighted by Gasteiger charge is 2.16. The highest BCUT2D eigenvalue weighted by atomic mass is 19.1. The smallest absolute Gasteiger partial charge is 0.262 e. The molecule has 0 saturated carbocycles. The molecule has 8 heteroatoms. The minimum absolute atomic E-state index is 0.227. The molecule has 3 rings (SSSR count). The molecule has 0 atom stereocenters. The number of benzene rings is 2. The molecular weight excluding hydrogens is 351 g/mol. The van der Waals surface area contributed by atoms with Crippen molar-refractivity contribution in [1.82, 2.24) is 9.78 Å². The van der Waals surface area contributed by atoms with Crippen molar-refractivity contribution < 1.29 is 18.7 Å². The highest BCUT2D eigenvalue weighted by molar-refractivity contribution is 6.07. The Hall–Kier alpha value is -3.68. The topological polar surface area (TPSA) is 85.2 Å². The maximum Gasteiger partial charge on any atom is 0.262 e. The standard InChI is InChI=1S/C19H17FN4O3/c1-24-11-16(19(23-24)27-2)18(26)22-14-7-3-12(4-8-14)17(25)21-15-9-5-13(20)6-10-15/h3-11H,1-2H3,(H,21,25)(H,22,26). The van der Waals surface area contributed by atoms with Crippen LogP contribution in [0.1, 0.15) is 20.7 Å². The summed E-state index contributed by atoms with van der Waals surface area (Å²) in [6.45, 7) is 0. The third kappa shape index (κ3) is 4.30. The molecule has 0 aliphatic rings. The molecule has 0 bridgehead atoms. The average Bonchev–Trinajstić information content (AvgIpc) is 3.05. The molecule has 138 valence electrons. The Morgan fingerprint density at radius 2 is 1.52 bits per heavy atom. The Morgan fingerprint density at radius 3 is 2.11 bits per heavy atom. The van der Waals surface area contributed by atoms with E-state index < -0.39 is 0 Å². The van der Waals surface area contributed by atoms with E-state index in [0.717, 1.165) is 0 Å². The van der Waals surface area contributed by atoms with E-state index in [0.29, 0.717) is 22.5 Å². The van der Waals surface area contributed by atoms with E-state index in [1.165, 1.54) is 36.1 Å². The number of aryl methyl sites for hydroxylation is 1. The van der Waals surface area contributed by atoms with Crippen molar-refractivity contribution in [2.45, 2.75) is 0 Å². The number of carbonyl (C=O) groups is 2. The Balaban J connectivity index is 1.66. The molecular formula is C19H17FN4O3. The summed E-state index contributed by atoms with van der Waals surface area (Å²) in [4.78, 5) is 24.6. The van der Waals surface area contributed by atoms with Crippen LogP contribution in [0.25, 0.3) is 0 Å². The van der Waals surface area contributed by atoms with E-state index in [2.05, 4.69) is 15.7 Å². The van der Waals surface area contributed by atoms with E-state index in [1.54, 1.807) is 37.5 Å². The molecule has 2 aromatic carbocycles. The Bertz CT molecular complexity index is 966. The number of nitrogens with one attached hydrogen (secondary N) is 2. The van der Waals surface area contributed by atoms with Gasteiger partial charge in [0.05, 0.1) is 7.11 Å². The Kier molecular flexibility index (Phi) is 5.16. The fraction of sp³-hybridized carbons (Fsp3) is 0.105. The van der Waals surface area contributed by atoms with Gasteiger partial charge in [0, 0.05) is 30.2 Å². The molecule has 27 heavy (non-hydrogen) atoms. The quantitative estimate of drug-likeness (QED) is 0.725. The number of anilines is 2.